The second-order valence-electron chi connectivity index (χ2n) is 11.0. The second kappa shape index (κ2) is 12.6. The number of hydrogen-bond acceptors (Lipinski definition) is 4. The van der Waals surface area contributed by atoms with Gasteiger partial charge in [-0.3, -0.25) is 19.2 Å². The van der Waals surface area contributed by atoms with Crippen LogP contribution in [0.4, 0.5) is 0 Å². The third-order valence-corrected chi connectivity index (χ3v) is 8.35. The van der Waals surface area contributed by atoms with Crippen LogP contribution in [-0.4, -0.2) is 49.6 Å². The molecule has 0 aromatic carbocycles. The van der Waals surface area contributed by atoms with Crippen molar-refractivity contribution >= 4 is 47.7 Å². The first-order valence-electron chi connectivity index (χ1n) is 14.4. The van der Waals surface area contributed by atoms with Gasteiger partial charge in [0.2, 0.25) is 5.91 Å². The van der Waals surface area contributed by atoms with Crippen LogP contribution in [0.5, 0.6) is 0 Å². The van der Waals surface area contributed by atoms with Crippen LogP contribution in [0.25, 0.3) is 18.2 Å². The van der Waals surface area contributed by atoms with E-state index in [2.05, 4.69) is 20.3 Å². The topological polar surface area (TPSA) is 165 Å². The van der Waals surface area contributed by atoms with Crippen molar-refractivity contribution in [3.63, 3.8) is 0 Å². The van der Waals surface area contributed by atoms with Crippen molar-refractivity contribution in [1.29, 1.82) is 0 Å². The zero-order valence-corrected chi connectivity index (χ0v) is 25.4. The van der Waals surface area contributed by atoms with Crippen LogP contribution < -0.4 is 16.0 Å². The molecule has 0 radical (unpaired) electrons. The zero-order chi connectivity index (χ0) is 31.6. The van der Waals surface area contributed by atoms with Crippen molar-refractivity contribution in [3.05, 3.63) is 72.8 Å². The molecule has 2 aliphatic rings. The molecule has 4 rings (SSSR count). The minimum absolute atomic E-state index is 0.0721. The Morgan fingerprint density at radius 1 is 0.884 bits per heavy atom. The summed E-state index contributed by atoms with van der Waals surface area (Å²) in [5.74, 6) is -2.44. The third-order valence-electron chi connectivity index (χ3n) is 8.35. The summed E-state index contributed by atoms with van der Waals surface area (Å²) < 4.78 is 0. The molecule has 1 fully saturated rings. The number of amides is 2. The second-order valence-corrected chi connectivity index (χ2v) is 11.0. The maximum Gasteiger partial charge on any atom is 0.303 e. The Bertz CT molecular complexity index is 1780. The number of rotatable bonds is 10. The maximum atomic E-state index is 12.3. The summed E-state index contributed by atoms with van der Waals surface area (Å²) >= 11 is 0. The van der Waals surface area contributed by atoms with Crippen molar-refractivity contribution in [1.82, 2.24) is 15.3 Å². The van der Waals surface area contributed by atoms with Gasteiger partial charge in [-0.1, -0.05) is 13.0 Å². The van der Waals surface area contributed by atoms with Gasteiger partial charge in [-0.2, -0.15) is 0 Å². The Kier molecular flexibility index (Phi) is 9.18. The number of hydrogen-bond donors (Lipinski definition) is 5. The van der Waals surface area contributed by atoms with E-state index in [-0.39, 0.29) is 43.4 Å². The van der Waals surface area contributed by atoms with E-state index < -0.39 is 11.9 Å². The number of allylic oxidation sites excluding steroid dienone is 3. The van der Waals surface area contributed by atoms with Crippen molar-refractivity contribution < 1.29 is 29.4 Å². The number of nitrogens with one attached hydrogen (secondary N) is 3. The van der Waals surface area contributed by atoms with E-state index in [1.54, 1.807) is 0 Å². The van der Waals surface area contributed by atoms with Gasteiger partial charge in [-0.25, -0.2) is 4.99 Å². The summed E-state index contributed by atoms with van der Waals surface area (Å²) in [6.45, 7) is 11.3. The molecule has 2 aliphatic heterocycles. The van der Waals surface area contributed by atoms with Gasteiger partial charge in [0.25, 0.3) is 5.91 Å². The summed E-state index contributed by atoms with van der Waals surface area (Å²) in [5.41, 5.74) is 8.40. The highest BCUT2D eigenvalue weighted by Crippen LogP contribution is 2.29. The number of nitrogens with zero attached hydrogens (tertiary/aromatic N) is 1. The van der Waals surface area contributed by atoms with Gasteiger partial charge in [0.1, 0.15) is 0 Å². The monoisotopic (exact) mass is 587 g/mol. The normalized spacial score (nSPS) is 19.8. The van der Waals surface area contributed by atoms with Crippen LogP contribution in [0.3, 0.4) is 0 Å². The average Bonchev–Trinajstić information content (AvgIpc) is 3.59. The molecule has 2 aromatic rings. The lowest BCUT2D eigenvalue weighted by Crippen LogP contribution is -2.16. The Labute approximate surface area is 249 Å². The quantitative estimate of drug-likeness (QED) is 0.268. The van der Waals surface area contributed by atoms with Crippen molar-refractivity contribution in [2.75, 3.05) is 0 Å². The van der Waals surface area contributed by atoms with E-state index in [0.717, 1.165) is 39.1 Å². The van der Waals surface area contributed by atoms with Crippen LogP contribution in [-0.2, 0) is 32.0 Å². The number of aromatic amines is 2. The molecule has 2 amide bonds. The van der Waals surface area contributed by atoms with Gasteiger partial charge in [0.05, 0.1) is 11.6 Å². The molecular weight excluding hydrogens is 549 g/mol. The Balaban J connectivity index is 1.91. The number of carboxylic acid groups (broad SMARTS) is 2. The molecule has 226 valence electrons. The zero-order valence-electron chi connectivity index (χ0n) is 25.4. The highest BCUT2D eigenvalue weighted by molar-refractivity contribution is 6.30. The van der Waals surface area contributed by atoms with E-state index in [1.807, 2.05) is 65.8 Å². The molecule has 0 aliphatic carbocycles. The average molecular weight is 588 g/mol. The summed E-state index contributed by atoms with van der Waals surface area (Å²) in [5, 5.41) is 23.2. The fraction of sp³-hybridized carbons (Fsp3) is 0.364. The van der Waals surface area contributed by atoms with Gasteiger partial charge < -0.3 is 25.5 Å². The molecule has 4 heterocycles. The number of carbonyl (C=O) groups is 4. The molecule has 1 atom stereocenters. The maximum absolute atomic E-state index is 12.3. The summed E-state index contributed by atoms with van der Waals surface area (Å²) in [4.78, 5) is 58.8. The number of aliphatic imine (C=N–C) groups is 1. The van der Waals surface area contributed by atoms with Crippen LogP contribution >= 0.6 is 0 Å². The van der Waals surface area contributed by atoms with Gasteiger partial charge >= 0.3 is 11.9 Å². The molecule has 10 nitrogen and oxygen atoms in total. The van der Waals surface area contributed by atoms with E-state index in [9.17, 15) is 29.4 Å². The van der Waals surface area contributed by atoms with Crippen molar-refractivity contribution in [2.24, 2.45) is 10.9 Å². The third kappa shape index (κ3) is 6.38. The molecular formula is C33H38N4O6. The smallest absolute Gasteiger partial charge is 0.303 e. The van der Waals surface area contributed by atoms with Crippen LogP contribution in [0.1, 0.15) is 80.6 Å². The molecule has 5 N–H and O–H groups in total. The Hall–Kier alpha value is -4.73. The SMILES string of the molecule is C/C=C1\C(=[13CH]\c2[nH]c(/C=c3/[nH]/c(=C/C4=NC(=O)C(CC)=C4C)c(C)c3CCC(=O)O)c(CCC(=O)O)c2C)NC(=O)C1C. The first kappa shape index (κ1) is 31.2. The minimum atomic E-state index is -0.923. The minimum Gasteiger partial charge on any atom is -0.481 e. The van der Waals surface area contributed by atoms with E-state index in [0.29, 0.717) is 39.8 Å². The molecule has 0 spiro atoms. The molecule has 10 heteroatoms. The highest BCUT2D eigenvalue weighted by Gasteiger charge is 2.29. The van der Waals surface area contributed by atoms with Crippen molar-refractivity contribution in [3.8, 4) is 0 Å². The molecule has 2 aromatic heterocycles. The first-order chi connectivity index (χ1) is 20.4. The Morgan fingerprint density at radius 2 is 1.53 bits per heavy atom. The number of carboxylic acids is 2. The van der Waals surface area contributed by atoms with Gasteiger partial charge in [-0.15, -0.1) is 0 Å². The van der Waals surface area contributed by atoms with Crippen molar-refractivity contribution in [2.45, 2.75) is 73.6 Å². The molecule has 0 saturated carbocycles. The van der Waals surface area contributed by atoms with Crippen LogP contribution in [0.2, 0.25) is 0 Å². The number of carbonyl (C=O) groups excluding carboxylic acids is 2. The predicted molar refractivity (Wildman–Crippen MR) is 165 cm³/mol. The fourth-order valence-corrected chi connectivity index (χ4v) is 5.77. The van der Waals surface area contributed by atoms with Gasteiger partial charge in [-0.05, 0) is 106 Å². The molecule has 1 saturated heterocycles. The van der Waals surface area contributed by atoms with Crippen LogP contribution in [0.15, 0.2) is 33.5 Å². The molecule has 43 heavy (non-hydrogen) atoms. The number of H-pyrrole nitrogens is 2. The summed E-state index contributed by atoms with van der Waals surface area (Å²) in [7, 11) is 0. The molecule has 1 unspecified atom stereocenters. The van der Waals surface area contributed by atoms with E-state index in [1.165, 1.54) is 0 Å². The highest BCUT2D eigenvalue weighted by atomic mass is 16.4. The lowest BCUT2D eigenvalue weighted by molar-refractivity contribution is -0.138. The first-order valence-corrected chi connectivity index (χ1v) is 14.4. The Morgan fingerprint density at radius 3 is 2.12 bits per heavy atom. The molecule has 0 bridgehead atoms. The number of aromatic nitrogens is 2. The van der Waals surface area contributed by atoms with E-state index in [4.69, 9.17) is 0 Å². The van der Waals surface area contributed by atoms with E-state index >= 15 is 0 Å². The fourth-order valence-electron chi connectivity index (χ4n) is 5.77. The lowest BCUT2D eigenvalue weighted by Gasteiger charge is -2.03. The van der Waals surface area contributed by atoms with Gasteiger partial charge in [0.15, 0.2) is 0 Å². The van der Waals surface area contributed by atoms with Crippen LogP contribution in [0, 0.1) is 19.8 Å². The standard InChI is InChI=1S/C33H38N4O6/c1-7-20-19(6)32(42)37-27(20)14-25-18(5)23(10-12-31(40)41)29(35-25)15-28-22(9-11-30(38)39)17(4)24(34-28)13-26-16(3)21(8-2)33(43)36-26/h7,13-15,19,34-35H,8-12H2,1-6H3,(H,37,42)(H,38,39)(H,40,41)/b20-7-,24-13+,27-14-,28-15+/i14+1. The number of aliphatic carboxylic acids is 2. The summed E-state index contributed by atoms with van der Waals surface area (Å²) in [6.07, 6.45) is 8.45. The van der Waals surface area contributed by atoms with Gasteiger partial charge in [0, 0.05) is 46.2 Å². The predicted octanol–water partition coefficient (Wildman–Crippen LogP) is 3.36. The summed E-state index contributed by atoms with van der Waals surface area (Å²) in [6, 6.07) is 0. The largest absolute Gasteiger partial charge is 0.481 e. The lowest BCUT2D eigenvalue weighted by atomic mass is 10.0.